The van der Waals surface area contributed by atoms with Gasteiger partial charge in [0.25, 0.3) is 0 Å². The Morgan fingerprint density at radius 2 is 2.29 bits per heavy atom. The molecule has 2 aliphatic rings. The molecule has 1 aromatic heterocycles. The number of aromatic nitrogens is 1. The molecule has 2 aliphatic heterocycles. The van der Waals surface area contributed by atoms with Gasteiger partial charge in [-0.25, -0.2) is 0 Å². The van der Waals surface area contributed by atoms with Crippen LogP contribution in [0.1, 0.15) is 31.9 Å². The van der Waals surface area contributed by atoms with Gasteiger partial charge in [-0.2, -0.15) is 0 Å². The van der Waals surface area contributed by atoms with Crippen molar-refractivity contribution in [2.75, 3.05) is 13.1 Å². The SMILES string of the molecule is CCn1cccc1CNC1CCN2CCCC12. The Balaban J connectivity index is 1.57. The Morgan fingerprint density at radius 1 is 1.35 bits per heavy atom. The summed E-state index contributed by atoms with van der Waals surface area (Å²) in [7, 11) is 0. The van der Waals surface area contributed by atoms with E-state index in [0.717, 1.165) is 25.2 Å². The minimum absolute atomic E-state index is 0.720. The second-order valence-electron chi connectivity index (χ2n) is 5.31. The van der Waals surface area contributed by atoms with Crippen molar-refractivity contribution in [1.29, 1.82) is 0 Å². The van der Waals surface area contributed by atoms with Crippen LogP contribution >= 0.6 is 0 Å². The molecule has 0 amide bonds. The van der Waals surface area contributed by atoms with Crippen LogP contribution in [0.3, 0.4) is 0 Å². The first-order valence-electron chi connectivity index (χ1n) is 7.00. The first-order chi connectivity index (χ1) is 8.38. The molecule has 94 valence electrons. The highest BCUT2D eigenvalue weighted by molar-refractivity contribution is 5.07. The van der Waals surface area contributed by atoms with Crippen LogP contribution in [-0.4, -0.2) is 34.6 Å². The van der Waals surface area contributed by atoms with Gasteiger partial charge in [0.15, 0.2) is 0 Å². The largest absolute Gasteiger partial charge is 0.351 e. The molecule has 0 radical (unpaired) electrons. The van der Waals surface area contributed by atoms with Crippen LogP contribution in [-0.2, 0) is 13.1 Å². The van der Waals surface area contributed by atoms with E-state index in [2.05, 4.69) is 40.0 Å². The summed E-state index contributed by atoms with van der Waals surface area (Å²) < 4.78 is 2.33. The van der Waals surface area contributed by atoms with Crippen LogP contribution < -0.4 is 5.32 Å². The predicted molar refractivity (Wildman–Crippen MR) is 69.9 cm³/mol. The van der Waals surface area contributed by atoms with Crippen LogP contribution in [0.25, 0.3) is 0 Å². The number of nitrogens with one attached hydrogen (secondary N) is 1. The average Bonchev–Trinajstić information content (AvgIpc) is 3.03. The molecule has 2 atom stereocenters. The van der Waals surface area contributed by atoms with Crippen molar-refractivity contribution in [3.05, 3.63) is 24.0 Å². The minimum atomic E-state index is 0.720. The average molecular weight is 233 g/mol. The van der Waals surface area contributed by atoms with E-state index in [-0.39, 0.29) is 0 Å². The maximum absolute atomic E-state index is 3.77. The fraction of sp³-hybridized carbons (Fsp3) is 0.714. The lowest BCUT2D eigenvalue weighted by atomic mass is 10.1. The van der Waals surface area contributed by atoms with Gasteiger partial charge >= 0.3 is 0 Å². The van der Waals surface area contributed by atoms with E-state index >= 15 is 0 Å². The quantitative estimate of drug-likeness (QED) is 0.856. The topological polar surface area (TPSA) is 20.2 Å². The Morgan fingerprint density at radius 3 is 3.18 bits per heavy atom. The van der Waals surface area contributed by atoms with Crippen molar-refractivity contribution in [2.24, 2.45) is 0 Å². The van der Waals surface area contributed by atoms with E-state index in [9.17, 15) is 0 Å². The molecule has 2 fully saturated rings. The van der Waals surface area contributed by atoms with Gasteiger partial charge in [-0.05, 0) is 44.9 Å². The van der Waals surface area contributed by atoms with Gasteiger partial charge in [0, 0.05) is 43.6 Å². The lowest BCUT2D eigenvalue weighted by Crippen LogP contribution is -2.39. The van der Waals surface area contributed by atoms with Crippen LogP contribution in [0.5, 0.6) is 0 Å². The molecule has 0 spiro atoms. The highest BCUT2D eigenvalue weighted by atomic mass is 15.2. The summed E-state index contributed by atoms with van der Waals surface area (Å²) in [4.78, 5) is 2.66. The molecule has 0 bridgehead atoms. The van der Waals surface area contributed by atoms with Gasteiger partial charge in [0.2, 0.25) is 0 Å². The maximum atomic E-state index is 3.77. The van der Waals surface area contributed by atoms with Gasteiger partial charge < -0.3 is 9.88 Å². The zero-order valence-electron chi connectivity index (χ0n) is 10.7. The number of fused-ring (bicyclic) bond motifs is 1. The highest BCUT2D eigenvalue weighted by Gasteiger charge is 2.36. The smallest absolute Gasteiger partial charge is 0.0362 e. The van der Waals surface area contributed by atoms with Gasteiger partial charge in [0.1, 0.15) is 0 Å². The van der Waals surface area contributed by atoms with E-state index in [1.807, 2.05) is 0 Å². The van der Waals surface area contributed by atoms with Gasteiger partial charge in [0.05, 0.1) is 0 Å². The predicted octanol–water partition coefficient (Wildman–Crippen LogP) is 1.83. The number of rotatable bonds is 4. The fourth-order valence-corrected chi connectivity index (χ4v) is 3.47. The zero-order chi connectivity index (χ0) is 11.7. The number of nitrogens with zero attached hydrogens (tertiary/aromatic N) is 2. The molecule has 0 aromatic carbocycles. The third-order valence-electron chi connectivity index (χ3n) is 4.42. The molecular weight excluding hydrogens is 210 g/mol. The number of hydrogen-bond donors (Lipinski definition) is 1. The summed E-state index contributed by atoms with van der Waals surface area (Å²) in [5.41, 5.74) is 1.42. The molecule has 3 heteroatoms. The van der Waals surface area contributed by atoms with Crippen LogP contribution in [0, 0.1) is 0 Å². The molecule has 0 saturated carbocycles. The zero-order valence-corrected chi connectivity index (χ0v) is 10.7. The summed E-state index contributed by atoms with van der Waals surface area (Å²) in [6.07, 6.45) is 6.30. The summed E-state index contributed by atoms with van der Waals surface area (Å²) in [5, 5.41) is 3.77. The van der Waals surface area contributed by atoms with Crippen molar-refractivity contribution in [3.8, 4) is 0 Å². The third-order valence-corrected chi connectivity index (χ3v) is 4.42. The molecule has 1 N–H and O–H groups in total. The van der Waals surface area contributed by atoms with Crippen molar-refractivity contribution in [1.82, 2.24) is 14.8 Å². The molecule has 3 nitrogen and oxygen atoms in total. The first-order valence-corrected chi connectivity index (χ1v) is 7.00. The second kappa shape index (κ2) is 4.83. The Labute approximate surface area is 104 Å². The summed E-state index contributed by atoms with van der Waals surface area (Å²) in [6, 6.07) is 5.92. The summed E-state index contributed by atoms with van der Waals surface area (Å²) in [6.45, 7) is 6.93. The Hall–Kier alpha value is -0.800. The Bertz CT molecular complexity index is 371. The highest BCUT2D eigenvalue weighted by Crippen LogP contribution is 2.28. The summed E-state index contributed by atoms with van der Waals surface area (Å²) >= 11 is 0. The van der Waals surface area contributed by atoms with Crippen molar-refractivity contribution in [3.63, 3.8) is 0 Å². The molecule has 2 saturated heterocycles. The molecule has 17 heavy (non-hydrogen) atoms. The number of hydrogen-bond acceptors (Lipinski definition) is 2. The monoisotopic (exact) mass is 233 g/mol. The second-order valence-corrected chi connectivity index (χ2v) is 5.31. The Kier molecular flexibility index (Phi) is 3.21. The lowest BCUT2D eigenvalue weighted by Gasteiger charge is -2.21. The van der Waals surface area contributed by atoms with Crippen LogP contribution in [0.4, 0.5) is 0 Å². The first kappa shape index (κ1) is 11.3. The number of aryl methyl sites for hydroxylation is 1. The van der Waals surface area contributed by atoms with Crippen LogP contribution in [0.2, 0.25) is 0 Å². The third kappa shape index (κ3) is 2.14. The van der Waals surface area contributed by atoms with Crippen molar-refractivity contribution in [2.45, 2.75) is 51.4 Å². The molecule has 0 aliphatic carbocycles. The normalized spacial score (nSPS) is 28.8. The van der Waals surface area contributed by atoms with E-state index in [4.69, 9.17) is 0 Å². The van der Waals surface area contributed by atoms with E-state index in [0.29, 0.717) is 0 Å². The van der Waals surface area contributed by atoms with Gasteiger partial charge in [-0.15, -0.1) is 0 Å². The van der Waals surface area contributed by atoms with Gasteiger partial charge in [-0.1, -0.05) is 0 Å². The lowest BCUT2D eigenvalue weighted by molar-refractivity contribution is 0.298. The molecule has 3 heterocycles. The molecule has 3 rings (SSSR count). The standard InChI is InChI=1S/C14H23N3/c1-2-16-8-3-5-12(16)11-15-13-7-10-17-9-4-6-14(13)17/h3,5,8,13-15H,2,4,6-7,9-11H2,1H3. The molecule has 2 unspecified atom stereocenters. The maximum Gasteiger partial charge on any atom is 0.0362 e. The van der Waals surface area contributed by atoms with Crippen molar-refractivity contribution >= 4 is 0 Å². The van der Waals surface area contributed by atoms with E-state index in [1.54, 1.807) is 0 Å². The molecular formula is C14H23N3. The van der Waals surface area contributed by atoms with E-state index in [1.165, 1.54) is 38.0 Å². The van der Waals surface area contributed by atoms with Gasteiger partial charge in [-0.3, -0.25) is 4.90 Å². The van der Waals surface area contributed by atoms with Crippen molar-refractivity contribution < 1.29 is 0 Å². The summed E-state index contributed by atoms with van der Waals surface area (Å²) in [5.74, 6) is 0. The fourth-order valence-electron chi connectivity index (χ4n) is 3.47. The van der Waals surface area contributed by atoms with Crippen LogP contribution in [0.15, 0.2) is 18.3 Å². The minimum Gasteiger partial charge on any atom is -0.351 e. The molecule has 1 aromatic rings. The van der Waals surface area contributed by atoms with E-state index < -0.39 is 0 Å².